The monoisotopic (exact) mass is 358 g/mol. The molecule has 3 heteroatoms. The van der Waals surface area contributed by atoms with Crippen LogP contribution in [0, 0.1) is 9.49 Å². The van der Waals surface area contributed by atoms with Gasteiger partial charge >= 0.3 is 0 Å². The summed E-state index contributed by atoms with van der Waals surface area (Å²) in [4.78, 5) is 2.44. The van der Waals surface area contributed by atoms with Crippen LogP contribution in [0.5, 0.6) is 0 Å². The standard InChI is InChI=1S/C15H23IN2/c1-18-10-7-13(8-11-18)6-9-17-12-14-2-4-15(16)5-3-14/h2-5,13,17H,6-12H2,1H3. The number of piperidine rings is 1. The first-order valence-electron chi connectivity index (χ1n) is 6.88. The molecule has 0 saturated carbocycles. The van der Waals surface area contributed by atoms with Crippen molar-refractivity contribution in [1.82, 2.24) is 10.2 Å². The molecule has 100 valence electrons. The average molecular weight is 358 g/mol. The zero-order valence-corrected chi connectivity index (χ0v) is 13.3. The van der Waals surface area contributed by atoms with Gasteiger partial charge in [-0.05, 0) is 92.1 Å². The minimum absolute atomic E-state index is 0.936. The Kier molecular flexibility index (Phi) is 5.92. The molecule has 2 rings (SSSR count). The summed E-state index contributed by atoms with van der Waals surface area (Å²) in [7, 11) is 2.23. The zero-order chi connectivity index (χ0) is 12.8. The van der Waals surface area contributed by atoms with Crippen molar-refractivity contribution < 1.29 is 0 Å². The highest BCUT2D eigenvalue weighted by Crippen LogP contribution is 2.18. The van der Waals surface area contributed by atoms with E-state index in [9.17, 15) is 0 Å². The van der Waals surface area contributed by atoms with Gasteiger partial charge in [0.05, 0.1) is 0 Å². The molecule has 18 heavy (non-hydrogen) atoms. The SMILES string of the molecule is CN1CCC(CCNCc2ccc(I)cc2)CC1. The summed E-state index contributed by atoms with van der Waals surface area (Å²) in [6.07, 6.45) is 4.08. The maximum Gasteiger partial charge on any atom is 0.0205 e. The minimum atomic E-state index is 0.936. The zero-order valence-electron chi connectivity index (χ0n) is 11.2. The third kappa shape index (κ3) is 4.86. The molecule has 0 spiro atoms. The summed E-state index contributed by atoms with van der Waals surface area (Å²) in [6.45, 7) is 4.72. The van der Waals surface area contributed by atoms with Crippen LogP contribution in [0.25, 0.3) is 0 Å². The van der Waals surface area contributed by atoms with Crippen LogP contribution < -0.4 is 5.32 Å². The first kappa shape index (κ1) is 14.3. The number of rotatable bonds is 5. The number of nitrogens with zero attached hydrogens (tertiary/aromatic N) is 1. The molecule has 0 aromatic heterocycles. The van der Waals surface area contributed by atoms with Crippen LogP contribution in [0.1, 0.15) is 24.8 Å². The van der Waals surface area contributed by atoms with E-state index < -0.39 is 0 Å². The smallest absolute Gasteiger partial charge is 0.0205 e. The van der Waals surface area contributed by atoms with Gasteiger partial charge in [0.25, 0.3) is 0 Å². The number of nitrogens with one attached hydrogen (secondary N) is 1. The largest absolute Gasteiger partial charge is 0.313 e. The molecule has 1 aliphatic rings. The molecule has 1 fully saturated rings. The Morgan fingerprint density at radius 2 is 1.89 bits per heavy atom. The third-order valence-corrected chi connectivity index (χ3v) is 4.53. The molecule has 1 aliphatic heterocycles. The number of hydrogen-bond acceptors (Lipinski definition) is 2. The van der Waals surface area contributed by atoms with Gasteiger partial charge in [-0.25, -0.2) is 0 Å². The first-order chi connectivity index (χ1) is 8.74. The Hall–Kier alpha value is -0.130. The fourth-order valence-electron chi connectivity index (χ4n) is 2.49. The summed E-state index contributed by atoms with van der Waals surface area (Å²) in [5, 5.41) is 3.56. The highest BCUT2D eigenvalue weighted by Gasteiger charge is 2.15. The predicted octanol–water partition coefficient (Wildman–Crippen LogP) is 3.11. The van der Waals surface area contributed by atoms with Crippen molar-refractivity contribution in [3.05, 3.63) is 33.4 Å². The van der Waals surface area contributed by atoms with Gasteiger partial charge < -0.3 is 10.2 Å². The Bertz CT molecular complexity index is 342. The van der Waals surface area contributed by atoms with Gasteiger partial charge in [0.15, 0.2) is 0 Å². The van der Waals surface area contributed by atoms with Gasteiger partial charge in [-0.3, -0.25) is 0 Å². The third-order valence-electron chi connectivity index (χ3n) is 3.81. The second kappa shape index (κ2) is 7.46. The highest BCUT2D eigenvalue weighted by molar-refractivity contribution is 14.1. The van der Waals surface area contributed by atoms with Gasteiger partial charge in [-0.2, -0.15) is 0 Å². The minimum Gasteiger partial charge on any atom is -0.313 e. The molecule has 2 nitrogen and oxygen atoms in total. The van der Waals surface area contributed by atoms with Crippen LogP contribution in [0.3, 0.4) is 0 Å². The van der Waals surface area contributed by atoms with Crippen molar-refractivity contribution in [2.45, 2.75) is 25.8 Å². The molecular weight excluding hydrogens is 335 g/mol. The Morgan fingerprint density at radius 3 is 2.56 bits per heavy atom. The molecule has 1 heterocycles. The Labute approximate surface area is 124 Å². The van der Waals surface area contributed by atoms with Crippen LogP contribution in [0.15, 0.2) is 24.3 Å². The van der Waals surface area contributed by atoms with Crippen LogP contribution in [0.4, 0.5) is 0 Å². The van der Waals surface area contributed by atoms with Crippen molar-refractivity contribution >= 4 is 22.6 Å². The number of hydrogen-bond donors (Lipinski definition) is 1. The summed E-state index contributed by atoms with van der Waals surface area (Å²) in [5.41, 5.74) is 1.39. The number of benzene rings is 1. The Balaban J connectivity index is 1.60. The van der Waals surface area contributed by atoms with E-state index in [-0.39, 0.29) is 0 Å². The second-order valence-electron chi connectivity index (χ2n) is 5.34. The van der Waals surface area contributed by atoms with Crippen molar-refractivity contribution in [3.8, 4) is 0 Å². The number of likely N-dealkylation sites (tertiary alicyclic amines) is 1. The van der Waals surface area contributed by atoms with E-state index in [1.807, 2.05) is 0 Å². The molecule has 0 atom stereocenters. The fraction of sp³-hybridized carbons (Fsp3) is 0.600. The maximum absolute atomic E-state index is 3.56. The van der Waals surface area contributed by atoms with Crippen LogP contribution in [0.2, 0.25) is 0 Å². The van der Waals surface area contributed by atoms with Gasteiger partial charge in [0.1, 0.15) is 0 Å². The molecule has 0 radical (unpaired) electrons. The Morgan fingerprint density at radius 1 is 1.22 bits per heavy atom. The van der Waals surface area contributed by atoms with Crippen LogP contribution in [-0.2, 0) is 6.54 Å². The molecule has 1 aromatic carbocycles. The molecule has 0 amide bonds. The van der Waals surface area contributed by atoms with E-state index in [1.165, 1.54) is 41.5 Å². The summed E-state index contributed by atoms with van der Waals surface area (Å²) in [6, 6.07) is 8.78. The lowest BCUT2D eigenvalue weighted by molar-refractivity contribution is 0.211. The van der Waals surface area contributed by atoms with E-state index in [2.05, 4.69) is 64.1 Å². The lowest BCUT2D eigenvalue weighted by atomic mass is 9.94. The van der Waals surface area contributed by atoms with E-state index in [0.29, 0.717) is 0 Å². The van der Waals surface area contributed by atoms with Crippen molar-refractivity contribution in [2.75, 3.05) is 26.7 Å². The highest BCUT2D eigenvalue weighted by atomic mass is 127. The van der Waals surface area contributed by atoms with E-state index in [0.717, 1.165) is 19.0 Å². The molecule has 1 aromatic rings. The van der Waals surface area contributed by atoms with Gasteiger partial charge in [0.2, 0.25) is 0 Å². The lowest BCUT2D eigenvalue weighted by Gasteiger charge is -2.28. The van der Waals surface area contributed by atoms with Crippen molar-refractivity contribution in [3.63, 3.8) is 0 Å². The molecule has 0 unspecified atom stereocenters. The predicted molar refractivity (Wildman–Crippen MR) is 85.7 cm³/mol. The van der Waals surface area contributed by atoms with Gasteiger partial charge in [0, 0.05) is 10.1 Å². The fourth-order valence-corrected chi connectivity index (χ4v) is 2.85. The normalized spacial score (nSPS) is 18.1. The van der Waals surface area contributed by atoms with Crippen LogP contribution in [-0.4, -0.2) is 31.6 Å². The molecule has 1 N–H and O–H groups in total. The molecule has 0 aliphatic carbocycles. The summed E-state index contributed by atoms with van der Waals surface area (Å²) < 4.78 is 1.31. The van der Waals surface area contributed by atoms with Gasteiger partial charge in [-0.1, -0.05) is 12.1 Å². The van der Waals surface area contributed by atoms with E-state index in [4.69, 9.17) is 0 Å². The van der Waals surface area contributed by atoms with Gasteiger partial charge in [-0.15, -0.1) is 0 Å². The topological polar surface area (TPSA) is 15.3 Å². The summed E-state index contributed by atoms with van der Waals surface area (Å²) in [5.74, 6) is 0.936. The maximum atomic E-state index is 3.56. The first-order valence-corrected chi connectivity index (χ1v) is 7.95. The molecule has 0 bridgehead atoms. The summed E-state index contributed by atoms with van der Waals surface area (Å²) >= 11 is 2.35. The lowest BCUT2D eigenvalue weighted by Crippen LogP contribution is -2.31. The quantitative estimate of drug-likeness (QED) is 0.643. The van der Waals surface area contributed by atoms with Crippen molar-refractivity contribution in [2.24, 2.45) is 5.92 Å². The second-order valence-corrected chi connectivity index (χ2v) is 6.58. The number of halogens is 1. The van der Waals surface area contributed by atoms with E-state index in [1.54, 1.807) is 0 Å². The van der Waals surface area contributed by atoms with Crippen molar-refractivity contribution in [1.29, 1.82) is 0 Å². The van der Waals surface area contributed by atoms with E-state index >= 15 is 0 Å². The average Bonchev–Trinajstić information content (AvgIpc) is 2.39. The molecular formula is C15H23IN2. The molecule has 1 saturated heterocycles. The van der Waals surface area contributed by atoms with Crippen LogP contribution >= 0.6 is 22.6 Å².